The van der Waals surface area contributed by atoms with Crippen molar-refractivity contribution in [2.45, 2.75) is 19.4 Å². The lowest BCUT2D eigenvalue weighted by Gasteiger charge is -2.26. The molecule has 0 saturated heterocycles. The Morgan fingerprint density at radius 1 is 1.37 bits per heavy atom. The van der Waals surface area contributed by atoms with Crippen molar-refractivity contribution in [3.8, 4) is 0 Å². The molecule has 0 amide bonds. The van der Waals surface area contributed by atoms with Crippen LogP contribution >= 0.6 is 0 Å². The van der Waals surface area contributed by atoms with Crippen molar-refractivity contribution in [1.29, 1.82) is 0 Å². The molecule has 19 heavy (non-hydrogen) atoms. The molecule has 0 spiro atoms. The van der Waals surface area contributed by atoms with E-state index in [0.717, 1.165) is 24.0 Å². The molecule has 2 unspecified atom stereocenters. The molecule has 0 bridgehead atoms. The van der Waals surface area contributed by atoms with E-state index in [4.69, 9.17) is 4.42 Å². The fraction of sp³-hybridized carbons (Fsp3) is 0.500. The number of hydrogen-bond donors (Lipinski definition) is 3. The minimum atomic E-state index is -0.407. The van der Waals surface area contributed by atoms with E-state index in [1.54, 1.807) is 0 Å². The second-order valence-electron chi connectivity index (χ2n) is 4.76. The van der Waals surface area contributed by atoms with Crippen molar-refractivity contribution < 1.29 is 4.42 Å². The maximum atomic E-state index is 11.2. The first-order valence-electron chi connectivity index (χ1n) is 6.64. The van der Waals surface area contributed by atoms with E-state index < -0.39 is 5.76 Å². The van der Waals surface area contributed by atoms with E-state index in [1.807, 2.05) is 32.3 Å². The number of nitrogens with one attached hydrogen (secondary N) is 3. The molecule has 0 aliphatic heterocycles. The van der Waals surface area contributed by atoms with Crippen LogP contribution in [0.4, 0.5) is 0 Å². The van der Waals surface area contributed by atoms with Gasteiger partial charge in [-0.2, -0.15) is 0 Å². The Balaban J connectivity index is 2.36. The molecule has 2 rings (SSSR count). The number of rotatable bonds is 6. The van der Waals surface area contributed by atoms with Crippen molar-refractivity contribution >= 4 is 11.1 Å². The van der Waals surface area contributed by atoms with Gasteiger partial charge in [0.15, 0.2) is 5.58 Å². The predicted molar refractivity (Wildman–Crippen MR) is 76.3 cm³/mol. The number of fused-ring (bicyclic) bond motifs is 1. The Morgan fingerprint density at radius 2 is 2.16 bits per heavy atom. The third kappa shape index (κ3) is 2.88. The summed E-state index contributed by atoms with van der Waals surface area (Å²) in [7, 11) is 3.92. The first kappa shape index (κ1) is 13.8. The summed E-state index contributed by atoms with van der Waals surface area (Å²) in [6.07, 6.45) is 1.07. The van der Waals surface area contributed by atoms with Crippen molar-refractivity contribution in [1.82, 2.24) is 15.6 Å². The molecule has 0 aliphatic carbocycles. The van der Waals surface area contributed by atoms with Crippen molar-refractivity contribution in [2.75, 3.05) is 20.6 Å². The molecule has 0 saturated carbocycles. The van der Waals surface area contributed by atoms with Crippen LogP contribution in [0.3, 0.4) is 0 Å². The SMILES string of the molecule is CCC(CNC)C(NC)c1ccc2[nH]c(=O)oc2c1. The Morgan fingerprint density at radius 3 is 2.79 bits per heavy atom. The molecule has 3 N–H and O–H groups in total. The van der Waals surface area contributed by atoms with Crippen LogP contribution in [0.2, 0.25) is 0 Å². The summed E-state index contributed by atoms with van der Waals surface area (Å²) in [6.45, 7) is 3.12. The van der Waals surface area contributed by atoms with Crippen LogP contribution in [0.1, 0.15) is 24.9 Å². The fourth-order valence-corrected chi connectivity index (χ4v) is 2.59. The summed E-state index contributed by atoms with van der Waals surface area (Å²) >= 11 is 0. The van der Waals surface area contributed by atoms with Crippen molar-refractivity contribution in [3.05, 3.63) is 34.3 Å². The van der Waals surface area contributed by atoms with E-state index in [2.05, 4.69) is 22.5 Å². The summed E-state index contributed by atoms with van der Waals surface area (Å²) in [5.41, 5.74) is 2.49. The van der Waals surface area contributed by atoms with E-state index in [-0.39, 0.29) is 6.04 Å². The zero-order valence-electron chi connectivity index (χ0n) is 11.6. The van der Waals surface area contributed by atoms with Crippen LogP contribution in [0, 0.1) is 5.92 Å². The van der Waals surface area contributed by atoms with Gasteiger partial charge in [-0.05, 0) is 44.3 Å². The molecule has 1 aromatic heterocycles. The van der Waals surface area contributed by atoms with E-state index in [1.165, 1.54) is 0 Å². The average Bonchev–Trinajstić information content (AvgIpc) is 2.77. The van der Waals surface area contributed by atoms with E-state index in [0.29, 0.717) is 11.5 Å². The molecular formula is C14H21N3O2. The smallest absolute Gasteiger partial charge is 0.408 e. The number of H-pyrrole nitrogens is 1. The summed E-state index contributed by atoms with van der Waals surface area (Å²) < 4.78 is 5.12. The van der Waals surface area contributed by atoms with Gasteiger partial charge in [-0.25, -0.2) is 4.79 Å². The maximum absolute atomic E-state index is 11.2. The predicted octanol–water partition coefficient (Wildman–Crippen LogP) is 1.63. The van der Waals surface area contributed by atoms with Gasteiger partial charge < -0.3 is 15.1 Å². The quantitative estimate of drug-likeness (QED) is 0.741. The van der Waals surface area contributed by atoms with Gasteiger partial charge in [0, 0.05) is 6.04 Å². The average molecular weight is 263 g/mol. The van der Waals surface area contributed by atoms with Crippen LogP contribution < -0.4 is 16.4 Å². The van der Waals surface area contributed by atoms with Crippen LogP contribution in [0.15, 0.2) is 27.4 Å². The molecule has 5 heteroatoms. The molecule has 1 aromatic carbocycles. The van der Waals surface area contributed by atoms with Crippen LogP contribution in [0.25, 0.3) is 11.1 Å². The van der Waals surface area contributed by atoms with Gasteiger partial charge in [0.1, 0.15) is 0 Å². The Labute approximate surface area is 112 Å². The summed E-state index contributed by atoms with van der Waals surface area (Å²) in [5, 5.41) is 6.58. The van der Waals surface area contributed by atoms with Crippen molar-refractivity contribution in [3.63, 3.8) is 0 Å². The minimum absolute atomic E-state index is 0.238. The normalized spacial score (nSPS) is 14.7. The highest BCUT2D eigenvalue weighted by Gasteiger charge is 2.20. The molecular weight excluding hydrogens is 242 g/mol. The standard InChI is InChI=1S/C14H21N3O2/c1-4-9(8-15-2)13(16-3)10-5-6-11-12(7-10)19-14(18)17-11/h5-7,9,13,15-16H,4,8H2,1-3H3,(H,17,18). The van der Waals surface area contributed by atoms with Gasteiger partial charge >= 0.3 is 5.76 Å². The molecule has 0 aliphatic rings. The van der Waals surface area contributed by atoms with Crippen LogP contribution in [-0.2, 0) is 0 Å². The van der Waals surface area contributed by atoms with E-state index in [9.17, 15) is 4.79 Å². The van der Waals surface area contributed by atoms with Gasteiger partial charge in [-0.1, -0.05) is 19.4 Å². The molecule has 2 atom stereocenters. The highest BCUT2D eigenvalue weighted by molar-refractivity contribution is 5.72. The monoisotopic (exact) mass is 263 g/mol. The van der Waals surface area contributed by atoms with Crippen molar-refractivity contribution in [2.24, 2.45) is 5.92 Å². The number of oxazole rings is 1. The number of aromatic amines is 1. The highest BCUT2D eigenvalue weighted by Crippen LogP contribution is 2.26. The highest BCUT2D eigenvalue weighted by atomic mass is 16.4. The minimum Gasteiger partial charge on any atom is -0.408 e. The molecule has 0 radical (unpaired) electrons. The zero-order chi connectivity index (χ0) is 13.8. The van der Waals surface area contributed by atoms with Gasteiger partial charge in [-0.15, -0.1) is 0 Å². The first-order chi connectivity index (χ1) is 9.19. The third-order valence-corrected chi connectivity index (χ3v) is 3.58. The second-order valence-corrected chi connectivity index (χ2v) is 4.76. The fourth-order valence-electron chi connectivity index (χ4n) is 2.59. The molecule has 2 aromatic rings. The first-order valence-corrected chi connectivity index (χ1v) is 6.64. The molecule has 0 fully saturated rings. The topological polar surface area (TPSA) is 70.1 Å². The summed E-state index contributed by atoms with van der Waals surface area (Å²) in [5.74, 6) is 0.0773. The molecule has 5 nitrogen and oxygen atoms in total. The van der Waals surface area contributed by atoms with Gasteiger partial charge in [0.25, 0.3) is 0 Å². The molecule has 1 heterocycles. The summed E-state index contributed by atoms with van der Waals surface area (Å²) in [4.78, 5) is 13.8. The van der Waals surface area contributed by atoms with Gasteiger partial charge in [0.2, 0.25) is 0 Å². The Hall–Kier alpha value is -1.59. The Kier molecular flexibility index (Phi) is 4.39. The zero-order valence-corrected chi connectivity index (χ0v) is 11.6. The lowest BCUT2D eigenvalue weighted by atomic mass is 9.90. The number of aromatic nitrogens is 1. The maximum Gasteiger partial charge on any atom is 0.417 e. The number of benzene rings is 1. The molecule has 104 valence electrons. The van der Waals surface area contributed by atoms with Crippen LogP contribution in [0.5, 0.6) is 0 Å². The van der Waals surface area contributed by atoms with Gasteiger partial charge in [0.05, 0.1) is 5.52 Å². The van der Waals surface area contributed by atoms with Crippen LogP contribution in [-0.4, -0.2) is 25.6 Å². The third-order valence-electron chi connectivity index (χ3n) is 3.58. The second kappa shape index (κ2) is 6.04. The summed E-state index contributed by atoms with van der Waals surface area (Å²) in [6, 6.07) is 6.11. The Bertz CT molecular complexity index is 588. The van der Waals surface area contributed by atoms with E-state index >= 15 is 0 Å². The lowest BCUT2D eigenvalue weighted by Crippen LogP contribution is -2.31. The number of hydrogen-bond acceptors (Lipinski definition) is 4. The lowest BCUT2D eigenvalue weighted by molar-refractivity contribution is 0.359. The van der Waals surface area contributed by atoms with Gasteiger partial charge in [-0.3, -0.25) is 4.98 Å². The largest absolute Gasteiger partial charge is 0.417 e.